The SMILES string of the molecule is CCCN1CCC(O)CC1=O. The van der Waals surface area contributed by atoms with Crippen molar-refractivity contribution in [2.24, 2.45) is 0 Å². The van der Waals surface area contributed by atoms with Crippen LogP contribution in [0.25, 0.3) is 0 Å². The van der Waals surface area contributed by atoms with E-state index < -0.39 is 6.10 Å². The second-order valence-electron chi connectivity index (χ2n) is 3.03. The van der Waals surface area contributed by atoms with E-state index in [0.717, 1.165) is 25.9 Å². The fraction of sp³-hybridized carbons (Fsp3) is 0.875. The molecule has 64 valence electrons. The average molecular weight is 157 g/mol. The van der Waals surface area contributed by atoms with Gasteiger partial charge in [-0.05, 0) is 12.8 Å². The lowest BCUT2D eigenvalue weighted by molar-refractivity contribution is -0.136. The molecule has 1 atom stereocenters. The topological polar surface area (TPSA) is 40.5 Å². The van der Waals surface area contributed by atoms with Gasteiger partial charge < -0.3 is 10.0 Å². The zero-order valence-electron chi connectivity index (χ0n) is 6.92. The van der Waals surface area contributed by atoms with Crippen molar-refractivity contribution in [1.29, 1.82) is 0 Å². The van der Waals surface area contributed by atoms with Crippen molar-refractivity contribution >= 4 is 5.91 Å². The van der Waals surface area contributed by atoms with Crippen molar-refractivity contribution in [2.75, 3.05) is 13.1 Å². The predicted octanol–water partition coefficient (Wildman–Crippen LogP) is 0.380. The zero-order valence-corrected chi connectivity index (χ0v) is 6.92. The smallest absolute Gasteiger partial charge is 0.225 e. The second-order valence-corrected chi connectivity index (χ2v) is 3.03. The van der Waals surface area contributed by atoms with Crippen LogP contribution in [-0.2, 0) is 4.79 Å². The third-order valence-electron chi connectivity index (χ3n) is 1.99. The summed E-state index contributed by atoms with van der Waals surface area (Å²) in [6.45, 7) is 3.62. The van der Waals surface area contributed by atoms with Crippen molar-refractivity contribution in [3.63, 3.8) is 0 Å². The van der Waals surface area contributed by atoms with Crippen LogP contribution in [0.3, 0.4) is 0 Å². The molecule has 1 heterocycles. The standard InChI is InChI=1S/C8H15NO2/c1-2-4-9-5-3-7(10)6-8(9)11/h7,10H,2-6H2,1H3. The first-order valence-corrected chi connectivity index (χ1v) is 4.20. The normalized spacial score (nSPS) is 25.8. The van der Waals surface area contributed by atoms with Crippen LogP contribution in [0.4, 0.5) is 0 Å². The number of likely N-dealkylation sites (tertiary alicyclic amines) is 1. The minimum Gasteiger partial charge on any atom is -0.393 e. The Morgan fingerprint density at radius 2 is 2.45 bits per heavy atom. The molecule has 1 rings (SSSR count). The van der Waals surface area contributed by atoms with Crippen molar-refractivity contribution < 1.29 is 9.90 Å². The first-order chi connectivity index (χ1) is 5.24. The molecule has 0 aromatic heterocycles. The van der Waals surface area contributed by atoms with Crippen LogP contribution in [-0.4, -0.2) is 35.1 Å². The summed E-state index contributed by atoms with van der Waals surface area (Å²) in [5.74, 6) is 0.102. The van der Waals surface area contributed by atoms with E-state index in [1.54, 1.807) is 0 Å². The first-order valence-electron chi connectivity index (χ1n) is 4.20. The van der Waals surface area contributed by atoms with E-state index >= 15 is 0 Å². The number of amides is 1. The molecule has 11 heavy (non-hydrogen) atoms. The van der Waals surface area contributed by atoms with Crippen LogP contribution in [0.5, 0.6) is 0 Å². The number of aliphatic hydroxyl groups excluding tert-OH is 1. The summed E-state index contributed by atoms with van der Waals surface area (Å²) < 4.78 is 0. The van der Waals surface area contributed by atoms with Gasteiger partial charge in [0.2, 0.25) is 5.91 Å². The molecule has 3 nitrogen and oxygen atoms in total. The molecule has 0 aromatic carbocycles. The maximum absolute atomic E-state index is 11.2. The molecule has 1 N–H and O–H groups in total. The number of piperidine rings is 1. The van der Waals surface area contributed by atoms with Crippen LogP contribution in [0.15, 0.2) is 0 Å². The van der Waals surface area contributed by atoms with Crippen molar-refractivity contribution in [3.05, 3.63) is 0 Å². The number of rotatable bonds is 2. The molecular weight excluding hydrogens is 142 g/mol. The number of carbonyl (C=O) groups is 1. The van der Waals surface area contributed by atoms with Gasteiger partial charge in [0, 0.05) is 13.1 Å². The highest BCUT2D eigenvalue weighted by Crippen LogP contribution is 2.11. The summed E-state index contributed by atoms with van der Waals surface area (Å²) in [5, 5.41) is 9.12. The average Bonchev–Trinajstić information content (AvgIpc) is 1.95. The van der Waals surface area contributed by atoms with E-state index in [0.29, 0.717) is 6.42 Å². The van der Waals surface area contributed by atoms with E-state index in [9.17, 15) is 4.79 Å². The van der Waals surface area contributed by atoms with E-state index in [2.05, 4.69) is 6.92 Å². The van der Waals surface area contributed by atoms with Crippen molar-refractivity contribution in [2.45, 2.75) is 32.3 Å². The Hall–Kier alpha value is -0.570. The van der Waals surface area contributed by atoms with Gasteiger partial charge in [-0.1, -0.05) is 6.92 Å². The van der Waals surface area contributed by atoms with Crippen molar-refractivity contribution in [3.8, 4) is 0 Å². The summed E-state index contributed by atoms with van der Waals surface area (Å²) in [5.41, 5.74) is 0. The third-order valence-corrected chi connectivity index (χ3v) is 1.99. The molecule has 0 bridgehead atoms. The number of carbonyl (C=O) groups excluding carboxylic acids is 1. The Morgan fingerprint density at radius 1 is 1.73 bits per heavy atom. The molecule has 0 aromatic rings. The Balaban J connectivity index is 2.38. The summed E-state index contributed by atoms with van der Waals surface area (Å²) in [6.07, 6.45) is 1.67. The van der Waals surface area contributed by atoms with Crippen LogP contribution in [0, 0.1) is 0 Å². The number of nitrogens with zero attached hydrogens (tertiary/aromatic N) is 1. The predicted molar refractivity (Wildman–Crippen MR) is 42.1 cm³/mol. The maximum Gasteiger partial charge on any atom is 0.225 e. The molecule has 1 unspecified atom stereocenters. The minimum absolute atomic E-state index is 0.102. The Morgan fingerprint density at radius 3 is 3.00 bits per heavy atom. The highest BCUT2D eigenvalue weighted by Gasteiger charge is 2.22. The number of hydrogen-bond acceptors (Lipinski definition) is 2. The molecule has 0 saturated carbocycles. The van der Waals surface area contributed by atoms with Gasteiger partial charge in [0.1, 0.15) is 0 Å². The molecule has 1 aliphatic heterocycles. The second kappa shape index (κ2) is 3.72. The lowest BCUT2D eigenvalue weighted by atomic mass is 10.1. The van der Waals surface area contributed by atoms with Crippen LogP contribution >= 0.6 is 0 Å². The fourth-order valence-electron chi connectivity index (χ4n) is 1.37. The maximum atomic E-state index is 11.2. The Kier molecular flexibility index (Phi) is 2.88. The quantitative estimate of drug-likeness (QED) is 0.629. The molecule has 0 aliphatic carbocycles. The third kappa shape index (κ3) is 2.19. The van der Waals surface area contributed by atoms with Gasteiger partial charge in [-0.25, -0.2) is 0 Å². The largest absolute Gasteiger partial charge is 0.393 e. The Labute approximate surface area is 67.0 Å². The zero-order chi connectivity index (χ0) is 8.27. The van der Waals surface area contributed by atoms with E-state index in [-0.39, 0.29) is 5.91 Å². The van der Waals surface area contributed by atoms with Crippen molar-refractivity contribution in [1.82, 2.24) is 4.90 Å². The minimum atomic E-state index is -0.393. The van der Waals surface area contributed by atoms with Crippen LogP contribution in [0.2, 0.25) is 0 Å². The lowest BCUT2D eigenvalue weighted by Gasteiger charge is -2.28. The van der Waals surface area contributed by atoms with Gasteiger partial charge in [0.05, 0.1) is 12.5 Å². The first kappa shape index (κ1) is 8.53. The van der Waals surface area contributed by atoms with Gasteiger partial charge in [-0.3, -0.25) is 4.79 Å². The van der Waals surface area contributed by atoms with E-state index in [1.807, 2.05) is 4.90 Å². The molecule has 0 spiro atoms. The number of aliphatic hydroxyl groups is 1. The summed E-state index contributed by atoms with van der Waals surface area (Å²) >= 11 is 0. The van der Waals surface area contributed by atoms with Gasteiger partial charge in [0.25, 0.3) is 0 Å². The summed E-state index contributed by atoms with van der Waals surface area (Å²) in [7, 11) is 0. The molecule has 1 saturated heterocycles. The van der Waals surface area contributed by atoms with E-state index in [1.165, 1.54) is 0 Å². The highest BCUT2D eigenvalue weighted by atomic mass is 16.3. The monoisotopic (exact) mass is 157 g/mol. The number of hydrogen-bond donors (Lipinski definition) is 1. The molecule has 0 radical (unpaired) electrons. The van der Waals surface area contributed by atoms with Gasteiger partial charge in [-0.15, -0.1) is 0 Å². The molecule has 3 heteroatoms. The highest BCUT2D eigenvalue weighted by molar-refractivity contribution is 5.77. The lowest BCUT2D eigenvalue weighted by Crippen LogP contribution is -2.40. The molecular formula is C8H15NO2. The van der Waals surface area contributed by atoms with Gasteiger partial charge in [-0.2, -0.15) is 0 Å². The van der Waals surface area contributed by atoms with E-state index in [4.69, 9.17) is 5.11 Å². The van der Waals surface area contributed by atoms with Gasteiger partial charge in [0.15, 0.2) is 0 Å². The van der Waals surface area contributed by atoms with Gasteiger partial charge >= 0.3 is 0 Å². The Bertz CT molecular complexity index is 147. The van der Waals surface area contributed by atoms with Crippen LogP contribution in [0.1, 0.15) is 26.2 Å². The molecule has 1 fully saturated rings. The summed E-state index contributed by atoms with van der Waals surface area (Å²) in [6, 6.07) is 0. The molecule has 1 amide bonds. The molecule has 1 aliphatic rings. The van der Waals surface area contributed by atoms with Crippen LogP contribution < -0.4 is 0 Å². The summed E-state index contributed by atoms with van der Waals surface area (Å²) in [4.78, 5) is 13.0. The fourth-order valence-corrected chi connectivity index (χ4v) is 1.37.